The van der Waals surface area contributed by atoms with E-state index in [9.17, 15) is 23.7 Å². The summed E-state index contributed by atoms with van der Waals surface area (Å²) in [5.41, 5.74) is -1.09. The first-order valence-corrected chi connectivity index (χ1v) is 4.54. The summed E-state index contributed by atoms with van der Waals surface area (Å²) in [4.78, 5) is 20.4. The average Bonchev–Trinajstić information content (AvgIpc) is 2.15. The van der Waals surface area contributed by atoms with Crippen LogP contribution in [0.1, 0.15) is 6.92 Å². The number of nitro groups is 1. The van der Waals surface area contributed by atoms with Gasteiger partial charge >= 0.3 is 11.8 Å². The highest BCUT2D eigenvalue weighted by Crippen LogP contribution is 2.30. The van der Waals surface area contributed by atoms with Crippen LogP contribution in [0.25, 0.3) is 0 Å². The lowest BCUT2D eigenvalue weighted by atomic mass is 10.3. The molecular formula is C9H8F2N2O4. The summed E-state index contributed by atoms with van der Waals surface area (Å²) in [5.74, 6) is -3.26. The number of nitro benzene ring substituents is 1. The van der Waals surface area contributed by atoms with Crippen LogP contribution in [0, 0.1) is 21.7 Å². The molecule has 0 bridgehead atoms. The zero-order valence-corrected chi connectivity index (χ0v) is 8.70. The SMILES string of the molecule is CCNC(=O)Oc1cc(F)cc(F)c1[N+](=O)[O-]. The number of amides is 1. The standard InChI is InChI=1S/C9H8F2N2O4/c1-2-12-9(14)17-7-4-5(10)3-6(11)8(7)13(15)16/h3-4H,2H2,1H3,(H,12,14). The van der Waals surface area contributed by atoms with Crippen molar-refractivity contribution in [2.45, 2.75) is 6.92 Å². The first-order chi connectivity index (χ1) is 7.95. The van der Waals surface area contributed by atoms with Gasteiger partial charge in [0, 0.05) is 18.7 Å². The van der Waals surface area contributed by atoms with E-state index in [0.29, 0.717) is 12.1 Å². The predicted molar refractivity (Wildman–Crippen MR) is 52.7 cm³/mol. The zero-order chi connectivity index (χ0) is 13.0. The number of rotatable bonds is 3. The van der Waals surface area contributed by atoms with E-state index in [1.54, 1.807) is 6.92 Å². The van der Waals surface area contributed by atoms with E-state index in [1.165, 1.54) is 0 Å². The lowest BCUT2D eigenvalue weighted by molar-refractivity contribution is -0.388. The Morgan fingerprint density at radius 2 is 2.18 bits per heavy atom. The number of benzene rings is 1. The van der Waals surface area contributed by atoms with Gasteiger partial charge in [0.05, 0.1) is 4.92 Å². The van der Waals surface area contributed by atoms with Gasteiger partial charge < -0.3 is 10.1 Å². The van der Waals surface area contributed by atoms with Gasteiger partial charge in [-0.25, -0.2) is 9.18 Å². The molecule has 0 saturated carbocycles. The minimum Gasteiger partial charge on any atom is -0.403 e. The van der Waals surface area contributed by atoms with Gasteiger partial charge in [0.15, 0.2) is 0 Å². The highest BCUT2D eigenvalue weighted by molar-refractivity contribution is 5.72. The smallest absolute Gasteiger partial charge is 0.403 e. The van der Waals surface area contributed by atoms with Gasteiger partial charge in [0.25, 0.3) is 0 Å². The van der Waals surface area contributed by atoms with Gasteiger partial charge in [-0.3, -0.25) is 10.1 Å². The summed E-state index contributed by atoms with van der Waals surface area (Å²) < 4.78 is 30.4. The van der Waals surface area contributed by atoms with E-state index in [-0.39, 0.29) is 6.54 Å². The Labute approximate surface area is 94.3 Å². The molecule has 6 nitrogen and oxygen atoms in total. The van der Waals surface area contributed by atoms with E-state index >= 15 is 0 Å². The van der Waals surface area contributed by atoms with Crippen molar-refractivity contribution in [3.8, 4) is 5.75 Å². The van der Waals surface area contributed by atoms with Crippen molar-refractivity contribution in [1.29, 1.82) is 0 Å². The van der Waals surface area contributed by atoms with E-state index in [0.717, 1.165) is 0 Å². The lowest BCUT2D eigenvalue weighted by Crippen LogP contribution is -2.26. The van der Waals surface area contributed by atoms with Gasteiger partial charge in [-0.2, -0.15) is 4.39 Å². The van der Waals surface area contributed by atoms with Crippen LogP contribution in [0.2, 0.25) is 0 Å². The van der Waals surface area contributed by atoms with Crippen LogP contribution >= 0.6 is 0 Å². The Morgan fingerprint density at radius 1 is 1.53 bits per heavy atom. The molecule has 92 valence electrons. The molecule has 0 atom stereocenters. The van der Waals surface area contributed by atoms with Crippen molar-refractivity contribution in [2.75, 3.05) is 6.54 Å². The molecule has 0 radical (unpaired) electrons. The molecular weight excluding hydrogens is 238 g/mol. The maximum Gasteiger partial charge on any atom is 0.412 e. The third kappa shape index (κ3) is 3.10. The van der Waals surface area contributed by atoms with Crippen molar-refractivity contribution in [2.24, 2.45) is 0 Å². The first-order valence-electron chi connectivity index (χ1n) is 4.54. The maximum absolute atomic E-state index is 13.1. The van der Waals surface area contributed by atoms with Crippen LogP contribution in [0.4, 0.5) is 19.3 Å². The second kappa shape index (κ2) is 5.19. The normalized spacial score (nSPS) is 9.82. The Hall–Kier alpha value is -2.25. The molecule has 0 aromatic heterocycles. The average molecular weight is 246 g/mol. The summed E-state index contributed by atoms with van der Waals surface area (Å²) >= 11 is 0. The van der Waals surface area contributed by atoms with Gasteiger partial charge in [0.1, 0.15) is 5.82 Å². The molecule has 0 fully saturated rings. The van der Waals surface area contributed by atoms with Crippen LogP contribution < -0.4 is 10.1 Å². The summed E-state index contributed by atoms with van der Waals surface area (Å²) in [7, 11) is 0. The molecule has 1 amide bonds. The van der Waals surface area contributed by atoms with E-state index in [2.05, 4.69) is 10.1 Å². The van der Waals surface area contributed by atoms with Crippen LogP contribution in [-0.4, -0.2) is 17.6 Å². The van der Waals surface area contributed by atoms with Gasteiger partial charge in [0.2, 0.25) is 11.6 Å². The van der Waals surface area contributed by atoms with Gasteiger partial charge in [-0.05, 0) is 6.92 Å². The molecule has 8 heteroatoms. The largest absolute Gasteiger partial charge is 0.412 e. The van der Waals surface area contributed by atoms with Crippen molar-refractivity contribution >= 4 is 11.8 Å². The molecule has 1 rings (SSSR count). The predicted octanol–water partition coefficient (Wildman–Crippen LogP) is 1.98. The molecule has 0 unspecified atom stereocenters. The summed E-state index contributed by atoms with van der Waals surface area (Å²) in [6.07, 6.45) is -1.03. The fraction of sp³-hybridized carbons (Fsp3) is 0.222. The second-order valence-corrected chi connectivity index (χ2v) is 2.91. The third-order valence-corrected chi connectivity index (χ3v) is 1.70. The van der Waals surface area contributed by atoms with E-state index in [4.69, 9.17) is 0 Å². The Bertz CT molecular complexity index is 465. The Kier molecular flexibility index (Phi) is 3.91. The number of hydrogen-bond donors (Lipinski definition) is 1. The second-order valence-electron chi connectivity index (χ2n) is 2.91. The van der Waals surface area contributed by atoms with E-state index < -0.39 is 34.1 Å². The van der Waals surface area contributed by atoms with Gasteiger partial charge in [-0.1, -0.05) is 0 Å². The minimum atomic E-state index is -1.41. The third-order valence-electron chi connectivity index (χ3n) is 1.70. The summed E-state index contributed by atoms with van der Waals surface area (Å²) in [6, 6.07) is 0.902. The molecule has 0 spiro atoms. The van der Waals surface area contributed by atoms with Crippen molar-refractivity contribution in [3.63, 3.8) is 0 Å². The molecule has 1 aromatic carbocycles. The zero-order valence-electron chi connectivity index (χ0n) is 8.70. The van der Waals surface area contributed by atoms with Crippen LogP contribution in [0.15, 0.2) is 12.1 Å². The fourth-order valence-electron chi connectivity index (χ4n) is 1.08. The highest BCUT2D eigenvalue weighted by atomic mass is 19.1. The van der Waals surface area contributed by atoms with Crippen LogP contribution in [0.3, 0.4) is 0 Å². The number of nitrogens with zero attached hydrogens (tertiary/aromatic N) is 1. The minimum absolute atomic E-state index is 0.213. The van der Waals surface area contributed by atoms with Crippen molar-refractivity contribution in [1.82, 2.24) is 5.32 Å². The number of carbonyl (C=O) groups excluding carboxylic acids is 1. The van der Waals surface area contributed by atoms with E-state index in [1.807, 2.05) is 0 Å². The molecule has 0 aliphatic rings. The van der Waals surface area contributed by atoms with Crippen molar-refractivity contribution in [3.05, 3.63) is 33.9 Å². The summed E-state index contributed by atoms with van der Waals surface area (Å²) in [6.45, 7) is 1.80. The molecule has 0 aliphatic carbocycles. The molecule has 0 saturated heterocycles. The van der Waals surface area contributed by atoms with Crippen molar-refractivity contribution < 1.29 is 23.2 Å². The number of halogens is 2. The number of nitrogens with one attached hydrogen (secondary N) is 1. The number of ether oxygens (including phenoxy) is 1. The molecule has 1 aromatic rings. The molecule has 0 heterocycles. The number of hydrogen-bond acceptors (Lipinski definition) is 4. The first kappa shape index (κ1) is 12.8. The molecule has 17 heavy (non-hydrogen) atoms. The quantitative estimate of drug-likeness (QED) is 0.653. The summed E-state index contributed by atoms with van der Waals surface area (Å²) in [5, 5.41) is 12.7. The lowest BCUT2D eigenvalue weighted by Gasteiger charge is -2.05. The highest BCUT2D eigenvalue weighted by Gasteiger charge is 2.25. The maximum atomic E-state index is 13.1. The van der Waals surface area contributed by atoms with Gasteiger partial charge in [-0.15, -0.1) is 0 Å². The molecule has 0 aliphatic heterocycles. The topological polar surface area (TPSA) is 81.5 Å². The van der Waals surface area contributed by atoms with Crippen LogP contribution in [0.5, 0.6) is 5.75 Å². The number of carbonyl (C=O) groups is 1. The molecule has 1 N–H and O–H groups in total. The monoisotopic (exact) mass is 246 g/mol. The fourth-order valence-corrected chi connectivity index (χ4v) is 1.08. The Balaban J connectivity index is 3.12. The Morgan fingerprint density at radius 3 is 2.71 bits per heavy atom. The van der Waals surface area contributed by atoms with Crippen LogP contribution in [-0.2, 0) is 0 Å².